The topological polar surface area (TPSA) is 124 Å². The molecule has 4 saturated carbocycles. The molecule has 292 valence electrons. The second kappa shape index (κ2) is 13.7. The van der Waals surface area contributed by atoms with E-state index in [9.17, 15) is 19.2 Å². The van der Waals surface area contributed by atoms with Crippen molar-refractivity contribution >= 4 is 23.9 Å². The van der Waals surface area contributed by atoms with Gasteiger partial charge in [-0.1, -0.05) is 60.1 Å². The van der Waals surface area contributed by atoms with Gasteiger partial charge in [-0.15, -0.1) is 0 Å². The van der Waals surface area contributed by atoms with E-state index >= 15 is 0 Å². The molecule has 6 rings (SSSR count). The molecule has 6 aliphatic rings. The van der Waals surface area contributed by atoms with Crippen LogP contribution in [-0.2, 0) is 47.6 Å². The quantitative estimate of drug-likeness (QED) is 0.119. The molecule has 52 heavy (non-hydrogen) atoms. The number of allylic oxidation sites excluding steroid dienone is 2. The molecule has 0 aromatic rings. The van der Waals surface area contributed by atoms with E-state index < -0.39 is 47.9 Å². The molecular formula is C42H64O10. The molecule has 0 bridgehead atoms. The maximum atomic E-state index is 13.7. The lowest BCUT2D eigenvalue weighted by atomic mass is 9.33. The second-order valence-corrected chi connectivity index (χ2v) is 18.8. The van der Waals surface area contributed by atoms with Crippen LogP contribution >= 0.6 is 0 Å². The molecule has 0 aromatic heterocycles. The Morgan fingerprint density at radius 2 is 1.42 bits per heavy atom. The van der Waals surface area contributed by atoms with Crippen molar-refractivity contribution in [2.75, 3.05) is 13.7 Å². The van der Waals surface area contributed by atoms with Gasteiger partial charge in [-0.05, 0) is 109 Å². The zero-order chi connectivity index (χ0) is 38.2. The van der Waals surface area contributed by atoms with Gasteiger partial charge < -0.3 is 28.4 Å². The minimum atomic E-state index is -1.10. The molecule has 1 saturated heterocycles. The smallest absolute Gasteiger partial charge is 0.312 e. The number of hydrogen-bond acceptors (Lipinski definition) is 10. The van der Waals surface area contributed by atoms with Crippen molar-refractivity contribution in [1.29, 1.82) is 0 Å². The first-order chi connectivity index (χ1) is 24.3. The van der Waals surface area contributed by atoms with Crippen LogP contribution in [0.15, 0.2) is 11.6 Å². The van der Waals surface area contributed by atoms with E-state index in [1.165, 1.54) is 26.3 Å². The molecule has 0 aromatic carbocycles. The van der Waals surface area contributed by atoms with Crippen molar-refractivity contribution in [3.05, 3.63) is 11.6 Å². The number of carbonyl (C=O) groups is 4. The summed E-state index contributed by atoms with van der Waals surface area (Å²) in [5, 5.41) is 0. The molecule has 0 unspecified atom stereocenters. The summed E-state index contributed by atoms with van der Waals surface area (Å²) in [5.41, 5.74) is 0.962. The standard InChI is InChI=1S/C42H64O10/c1-23-14-19-42(37(46)47-11)21-20-40(9)28(33(42)24(23)2)12-13-31-39(8)17-16-32(38(6,7)30(39)15-18-41(31,40)10)52-36-35(51-27(5)45)34(50-26(4)44)29(22-48-36)49-25(3)43/h12,23-24,29-36H,13-22H2,1-11H3/t23-,24+,29-,30+,31-,32+,33+,34+,35-,36+,39+,40-,41-,42+/m1/s1. The molecule has 10 heteroatoms. The van der Waals surface area contributed by atoms with E-state index in [2.05, 4.69) is 54.5 Å². The van der Waals surface area contributed by atoms with E-state index in [0.29, 0.717) is 23.7 Å². The number of carbonyl (C=O) groups excluding carboxylic acids is 4. The minimum absolute atomic E-state index is 0.00765. The molecule has 14 atom stereocenters. The largest absolute Gasteiger partial charge is 0.469 e. The second-order valence-electron chi connectivity index (χ2n) is 18.8. The van der Waals surface area contributed by atoms with Gasteiger partial charge in [0.25, 0.3) is 0 Å². The maximum absolute atomic E-state index is 13.7. The Morgan fingerprint density at radius 1 is 0.769 bits per heavy atom. The van der Waals surface area contributed by atoms with E-state index in [0.717, 1.165) is 57.8 Å². The van der Waals surface area contributed by atoms with Gasteiger partial charge in [-0.25, -0.2) is 0 Å². The highest BCUT2D eigenvalue weighted by Crippen LogP contribution is 2.76. The normalized spacial score (nSPS) is 46.5. The Balaban J connectivity index is 1.28. The van der Waals surface area contributed by atoms with Crippen LogP contribution in [0.1, 0.15) is 127 Å². The fourth-order valence-electron chi connectivity index (χ4n) is 13.3. The van der Waals surface area contributed by atoms with E-state index in [4.69, 9.17) is 28.4 Å². The lowest BCUT2D eigenvalue weighted by Gasteiger charge is -2.71. The molecule has 0 N–H and O–H groups in total. The van der Waals surface area contributed by atoms with Crippen molar-refractivity contribution in [3.63, 3.8) is 0 Å². The average Bonchev–Trinajstić information content (AvgIpc) is 3.05. The molecule has 1 aliphatic heterocycles. The van der Waals surface area contributed by atoms with Crippen LogP contribution in [0, 0.1) is 56.7 Å². The van der Waals surface area contributed by atoms with Crippen LogP contribution < -0.4 is 0 Å². The highest BCUT2D eigenvalue weighted by atomic mass is 16.7. The molecular weight excluding hydrogens is 664 g/mol. The van der Waals surface area contributed by atoms with Gasteiger partial charge in [0.05, 0.1) is 25.2 Å². The van der Waals surface area contributed by atoms with Crippen LogP contribution in [-0.4, -0.2) is 68.3 Å². The summed E-state index contributed by atoms with van der Waals surface area (Å²) in [6.07, 6.45) is 7.05. The van der Waals surface area contributed by atoms with Crippen molar-refractivity contribution in [2.45, 2.75) is 158 Å². The third-order valence-electron chi connectivity index (χ3n) is 16.1. The van der Waals surface area contributed by atoms with Gasteiger partial charge >= 0.3 is 23.9 Å². The van der Waals surface area contributed by atoms with Crippen molar-refractivity contribution in [3.8, 4) is 0 Å². The van der Waals surface area contributed by atoms with Crippen LogP contribution in [0.4, 0.5) is 0 Å². The number of esters is 4. The lowest BCUT2D eigenvalue weighted by molar-refractivity contribution is -0.312. The number of ether oxygens (including phenoxy) is 6. The van der Waals surface area contributed by atoms with Crippen LogP contribution in [0.3, 0.4) is 0 Å². The van der Waals surface area contributed by atoms with Gasteiger partial charge in [0.15, 0.2) is 24.6 Å². The zero-order valence-corrected chi connectivity index (χ0v) is 33.5. The predicted molar refractivity (Wildman–Crippen MR) is 192 cm³/mol. The molecule has 1 heterocycles. The summed E-state index contributed by atoms with van der Waals surface area (Å²) in [5.74, 6) is 0.282. The first kappa shape index (κ1) is 39.2. The highest BCUT2D eigenvalue weighted by Gasteiger charge is 2.70. The van der Waals surface area contributed by atoms with E-state index in [-0.39, 0.29) is 46.3 Å². The summed E-state index contributed by atoms with van der Waals surface area (Å²) < 4.78 is 35.3. The number of rotatable bonds is 6. The molecule has 0 spiro atoms. The Hall–Kier alpha value is -2.46. The Morgan fingerprint density at radius 3 is 2.06 bits per heavy atom. The van der Waals surface area contributed by atoms with Gasteiger partial charge in [-0.3, -0.25) is 19.2 Å². The summed E-state index contributed by atoms with van der Waals surface area (Å²) in [4.78, 5) is 50.1. The molecule has 5 fully saturated rings. The summed E-state index contributed by atoms with van der Waals surface area (Å²) >= 11 is 0. The van der Waals surface area contributed by atoms with Crippen molar-refractivity contribution < 1.29 is 47.6 Å². The summed E-state index contributed by atoms with van der Waals surface area (Å²) in [6, 6.07) is 0. The van der Waals surface area contributed by atoms with Gasteiger partial charge in [0.1, 0.15) is 0 Å². The van der Waals surface area contributed by atoms with Crippen molar-refractivity contribution in [1.82, 2.24) is 0 Å². The predicted octanol–water partition coefficient (Wildman–Crippen LogP) is 7.35. The number of hydrogen-bond donors (Lipinski definition) is 0. The lowest BCUT2D eigenvalue weighted by Crippen LogP contribution is -2.66. The Bertz CT molecular complexity index is 1470. The van der Waals surface area contributed by atoms with Gasteiger partial charge in [0, 0.05) is 20.8 Å². The van der Waals surface area contributed by atoms with Crippen LogP contribution in [0.2, 0.25) is 0 Å². The Kier molecular flexibility index (Phi) is 10.3. The van der Waals surface area contributed by atoms with E-state index in [1.807, 2.05) is 0 Å². The van der Waals surface area contributed by atoms with Crippen LogP contribution in [0.5, 0.6) is 0 Å². The van der Waals surface area contributed by atoms with Crippen molar-refractivity contribution in [2.24, 2.45) is 56.7 Å². The fraction of sp³-hybridized carbons (Fsp3) is 0.857. The molecule has 5 aliphatic carbocycles. The summed E-state index contributed by atoms with van der Waals surface area (Å²) in [7, 11) is 1.57. The monoisotopic (exact) mass is 728 g/mol. The summed E-state index contributed by atoms with van der Waals surface area (Å²) in [6.45, 7) is 20.7. The number of fused-ring (bicyclic) bond motifs is 7. The first-order valence-corrected chi connectivity index (χ1v) is 19.8. The van der Waals surface area contributed by atoms with Crippen LogP contribution in [0.25, 0.3) is 0 Å². The Labute approximate surface area is 310 Å². The zero-order valence-electron chi connectivity index (χ0n) is 33.5. The molecule has 0 amide bonds. The minimum Gasteiger partial charge on any atom is -0.469 e. The fourth-order valence-corrected chi connectivity index (χ4v) is 13.3. The molecule has 10 nitrogen and oxygen atoms in total. The van der Waals surface area contributed by atoms with E-state index in [1.54, 1.807) is 7.11 Å². The van der Waals surface area contributed by atoms with Gasteiger partial charge in [0.2, 0.25) is 0 Å². The third-order valence-corrected chi connectivity index (χ3v) is 16.1. The van der Waals surface area contributed by atoms with Gasteiger partial charge in [-0.2, -0.15) is 0 Å². The number of methoxy groups -OCH3 is 1. The third kappa shape index (κ3) is 5.95. The average molecular weight is 729 g/mol. The highest BCUT2D eigenvalue weighted by molar-refractivity contribution is 5.78. The SMILES string of the molecule is COC(=O)[C@]12CC[C@@H](C)[C@H](C)[C@H]1C1=CC[C@@H]3[C@@]4(C)CC[C@H](O[C@@H]5OC[C@@H](OC(C)=O)[C@H](OC(C)=O)[C@H]5OC(C)=O)C(C)(C)[C@@H]4CC[C@@]3(C)[C@]1(C)CC2. The maximum Gasteiger partial charge on any atom is 0.312 e. The first-order valence-electron chi connectivity index (χ1n) is 19.8. The molecule has 0 radical (unpaired) electrons.